The number of ketones is 1. The van der Waals surface area contributed by atoms with E-state index in [-0.39, 0.29) is 23.7 Å². The maximum absolute atomic E-state index is 12.1. The van der Waals surface area contributed by atoms with Crippen LogP contribution >= 0.6 is 0 Å². The largest absolute Gasteiger partial charge is 0.456 e. The van der Waals surface area contributed by atoms with Gasteiger partial charge in [0.1, 0.15) is 23.8 Å². The highest BCUT2D eigenvalue weighted by atomic mass is 16.5. The fraction of sp³-hybridized carbons (Fsp3) is 0.385. The maximum atomic E-state index is 12.1. The summed E-state index contributed by atoms with van der Waals surface area (Å²) in [5.74, 6) is 2.77. The first-order valence-electron chi connectivity index (χ1n) is 11.9. The number of carbonyl (C=O) groups excluding carboxylic acids is 1. The van der Waals surface area contributed by atoms with E-state index in [9.17, 15) is 10.1 Å². The second-order valence-corrected chi connectivity index (χ2v) is 10.1. The highest BCUT2D eigenvalue weighted by Gasteiger charge is 2.29. The summed E-state index contributed by atoms with van der Waals surface area (Å²) in [6.45, 7) is 6.42. The van der Waals surface area contributed by atoms with E-state index in [2.05, 4.69) is 52.2 Å². The molecule has 0 saturated heterocycles. The number of pyridine rings is 2. The minimum absolute atomic E-state index is 0.165. The van der Waals surface area contributed by atoms with E-state index in [4.69, 9.17) is 4.74 Å². The van der Waals surface area contributed by atoms with E-state index in [0.717, 1.165) is 24.1 Å². The number of imidazole rings is 1. The van der Waals surface area contributed by atoms with Gasteiger partial charge in [-0.2, -0.15) is 15.3 Å². The lowest BCUT2D eigenvalue weighted by molar-refractivity contribution is -0.119. The summed E-state index contributed by atoms with van der Waals surface area (Å²) in [4.78, 5) is 25.5. The highest BCUT2D eigenvalue weighted by Crippen LogP contribution is 2.32. The molecule has 0 aliphatic heterocycles. The van der Waals surface area contributed by atoms with Crippen LogP contribution in [0.25, 0.3) is 11.2 Å². The molecule has 1 aliphatic rings. The zero-order chi connectivity index (χ0) is 25.4. The Balaban J connectivity index is 1.36. The summed E-state index contributed by atoms with van der Waals surface area (Å²) in [6, 6.07) is 9.52. The summed E-state index contributed by atoms with van der Waals surface area (Å²) in [5.41, 5.74) is 2.83. The fourth-order valence-electron chi connectivity index (χ4n) is 4.08. The summed E-state index contributed by atoms with van der Waals surface area (Å²) < 4.78 is 9.61. The van der Waals surface area contributed by atoms with Gasteiger partial charge in [0.05, 0.1) is 23.5 Å². The molecule has 10 heteroatoms. The van der Waals surface area contributed by atoms with E-state index in [1.54, 1.807) is 29.2 Å². The molecule has 4 aromatic rings. The number of Topliss-reactive ketones (excluding diaryl/α,β-unsaturated/α-hetero) is 1. The number of rotatable bonds is 8. The summed E-state index contributed by atoms with van der Waals surface area (Å²) >= 11 is 0. The average molecular weight is 485 g/mol. The monoisotopic (exact) mass is 484 g/mol. The minimum Gasteiger partial charge on any atom is -0.456 e. The standard InChI is InChI=1S/C26H28N8O2/c1-26(2,3)22-14-23(32-34(22)10-8-27)30-25-31-24-20(33(25)4)13-19(15-29-24)36-18-7-9-28-17(11-18)12-21(35)16-5-6-16/h7,9,11,13-16H,5-6,10,12H2,1-4H3,(H,29,30,31,32). The number of fused-ring (bicyclic) bond motifs is 1. The Hall–Kier alpha value is -4.26. The van der Waals surface area contributed by atoms with Crippen molar-refractivity contribution in [3.05, 3.63) is 48.0 Å². The number of hydrogen-bond acceptors (Lipinski definition) is 8. The first kappa shape index (κ1) is 23.5. The molecule has 1 aliphatic carbocycles. The van der Waals surface area contributed by atoms with Crippen LogP contribution in [0.5, 0.6) is 11.5 Å². The molecule has 10 nitrogen and oxygen atoms in total. The molecule has 0 bridgehead atoms. The van der Waals surface area contributed by atoms with Crippen molar-refractivity contribution in [2.75, 3.05) is 5.32 Å². The first-order valence-corrected chi connectivity index (χ1v) is 11.9. The molecule has 0 unspecified atom stereocenters. The number of anilines is 2. The van der Waals surface area contributed by atoms with Gasteiger partial charge in [0.25, 0.3) is 0 Å². The average Bonchev–Trinajstić information content (AvgIpc) is 3.53. The van der Waals surface area contributed by atoms with Crippen molar-refractivity contribution < 1.29 is 9.53 Å². The van der Waals surface area contributed by atoms with E-state index >= 15 is 0 Å². The lowest BCUT2D eigenvalue weighted by atomic mass is 9.92. The number of hydrogen-bond donors (Lipinski definition) is 1. The van der Waals surface area contributed by atoms with E-state index in [0.29, 0.717) is 41.0 Å². The van der Waals surface area contributed by atoms with Gasteiger partial charge in [-0.3, -0.25) is 14.5 Å². The van der Waals surface area contributed by atoms with Crippen LogP contribution in [0.4, 0.5) is 11.8 Å². The van der Waals surface area contributed by atoms with E-state index in [1.807, 2.05) is 23.7 Å². The molecule has 0 radical (unpaired) electrons. The van der Waals surface area contributed by atoms with Gasteiger partial charge in [-0.15, -0.1) is 0 Å². The van der Waals surface area contributed by atoms with Crippen LogP contribution in [-0.4, -0.2) is 35.1 Å². The van der Waals surface area contributed by atoms with Gasteiger partial charge in [0.15, 0.2) is 11.5 Å². The second-order valence-electron chi connectivity index (χ2n) is 10.1. The quantitative estimate of drug-likeness (QED) is 0.389. The third kappa shape index (κ3) is 4.91. The molecule has 1 N–H and O–H groups in total. The Morgan fingerprint density at radius 2 is 2.03 bits per heavy atom. The molecular formula is C26H28N8O2. The van der Waals surface area contributed by atoms with E-state index in [1.165, 1.54) is 0 Å². The van der Waals surface area contributed by atoms with Crippen LogP contribution < -0.4 is 10.1 Å². The number of carbonyl (C=O) groups is 1. The highest BCUT2D eigenvalue weighted by molar-refractivity contribution is 5.85. The Morgan fingerprint density at radius 1 is 1.22 bits per heavy atom. The van der Waals surface area contributed by atoms with Crippen molar-refractivity contribution in [3.8, 4) is 17.6 Å². The number of nitrogens with one attached hydrogen (secondary N) is 1. The normalized spacial score (nSPS) is 13.5. The van der Waals surface area contributed by atoms with Crippen molar-refractivity contribution in [2.24, 2.45) is 13.0 Å². The smallest absolute Gasteiger partial charge is 0.210 e. The van der Waals surface area contributed by atoms with Gasteiger partial charge in [-0.25, -0.2) is 4.98 Å². The number of nitriles is 1. The molecule has 4 aromatic heterocycles. The third-order valence-electron chi connectivity index (χ3n) is 6.13. The van der Waals surface area contributed by atoms with Gasteiger partial charge >= 0.3 is 0 Å². The Kier molecular flexibility index (Phi) is 5.92. The van der Waals surface area contributed by atoms with Crippen molar-refractivity contribution in [1.29, 1.82) is 5.26 Å². The Bertz CT molecular complexity index is 1480. The predicted octanol–water partition coefficient (Wildman–Crippen LogP) is 4.44. The molecule has 5 rings (SSSR count). The van der Waals surface area contributed by atoms with Crippen LogP contribution in [-0.2, 0) is 30.2 Å². The van der Waals surface area contributed by atoms with E-state index < -0.39 is 0 Å². The molecule has 36 heavy (non-hydrogen) atoms. The minimum atomic E-state index is -0.165. The molecule has 1 saturated carbocycles. The maximum Gasteiger partial charge on any atom is 0.210 e. The SMILES string of the molecule is Cn1c(Nc2cc(C(C)(C)C)n(CC#N)n2)nc2ncc(Oc3ccnc(CC(=O)C4CC4)c3)cc21. The van der Waals surface area contributed by atoms with Crippen molar-refractivity contribution in [2.45, 2.75) is 52.0 Å². The van der Waals surface area contributed by atoms with Crippen molar-refractivity contribution in [3.63, 3.8) is 0 Å². The zero-order valence-corrected chi connectivity index (χ0v) is 20.8. The molecule has 0 aromatic carbocycles. The fourth-order valence-corrected chi connectivity index (χ4v) is 4.08. The Morgan fingerprint density at radius 3 is 2.75 bits per heavy atom. The van der Waals surface area contributed by atoms with Crippen molar-refractivity contribution >= 4 is 28.7 Å². The summed E-state index contributed by atoms with van der Waals surface area (Å²) in [6.07, 6.45) is 5.58. The topological polar surface area (TPSA) is 124 Å². The zero-order valence-electron chi connectivity index (χ0n) is 20.8. The van der Waals surface area contributed by atoms with Crippen LogP contribution in [0.2, 0.25) is 0 Å². The molecule has 4 heterocycles. The van der Waals surface area contributed by atoms with Crippen LogP contribution in [0, 0.1) is 17.2 Å². The van der Waals surface area contributed by atoms with Gasteiger partial charge in [0, 0.05) is 54.9 Å². The molecule has 0 spiro atoms. The third-order valence-corrected chi connectivity index (χ3v) is 6.13. The second kappa shape index (κ2) is 9.07. The van der Waals surface area contributed by atoms with Crippen molar-refractivity contribution in [1.82, 2.24) is 29.3 Å². The molecule has 0 atom stereocenters. The number of ether oxygens (including phenoxy) is 1. The molecule has 1 fully saturated rings. The van der Waals surface area contributed by atoms with Gasteiger partial charge < -0.3 is 14.6 Å². The number of aryl methyl sites for hydroxylation is 1. The number of nitrogens with zero attached hydrogens (tertiary/aromatic N) is 7. The van der Waals surface area contributed by atoms with Gasteiger partial charge in [0.2, 0.25) is 5.95 Å². The molecule has 0 amide bonds. The summed E-state index contributed by atoms with van der Waals surface area (Å²) in [5, 5.41) is 17.0. The summed E-state index contributed by atoms with van der Waals surface area (Å²) in [7, 11) is 1.88. The van der Waals surface area contributed by atoms with Crippen LogP contribution in [0.15, 0.2) is 36.7 Å². The Labute approximate surface area is 209 Å². The first-order chi connectivity index (χ1) is 17.2. The molecule has 184 valence electrons. The lowest BCUT2D eigenvalue weighted by Gasteiger charge is -2.18. The van der Waals surface area contributed by atoms with Crippen LogP contribution in [0.1, 0.15) is 45.0 Å². The molecular weight excluding hydrogens is 456 g/mol. The van der Waals surface area contributed by atoms with Gasteiger partial charge in [-0.1, -0.05) is 20.8 Å². The number of aromatic nitrogens is 6. The van der Waals surface area contributed by atoms with Gasteiger partial charge in [-0.05, 0) is 18.9 Å². The van der Waals surface area contributed by atoms with Crippen LogP contribution in [0.3, 0.4) is 0 Å². The predicted molar refractivity (Wildman–Crippen MR) is 134 cm³/mol. The lowest BCUT2D eigenvalue weighted by Crippen LogP contribution is -2.18.